The van der Waals surface area contributed by atoms with Gasteiger partial charge >= 0.3 is 0 Å². The molecule has 0 spiro atoms. The molecule has 1 fully saturated rings. The number of imidazole rings is 1. The lowest BCUT2D eigenvalue weighted by molar-refractivity contribution is -0.138. The van der Waals surface area contributed by atoms with E-state index in [0.29, 0.717) is 19.0 Å². The summed E-state index contributed by atoms with van der Waals surface area (Å²) in [6, 6.07) is 6.08. The van der Waals surface area contributed by atoms with Crippen molar-refractivity contribution < 1.29 is 4.79 Å². The molecule has 0 saturated heterocycles. The minimum Gasteiger partial charge on any atom is -0.355 e. The zero-order valence-corrected chi connectivity index (χ0v) is 19.5. The van der Waals surface area contributed by atoms with Crippen LogP contribution in [0.5, 0.6) is 0 Å². The van der Waals surface area contributed by atoms with Crippen molar-refractivity contribution in [2.45, 2.75) is 39.2 Å². The summed E-state index contributed by atoms with van der Waals surface area (Å²) in [5.41, 5.74) is 2.73. The van der Waals surface area contributed by atoms with Crippen LogP contribution in [0, 0.1) is 12.3 Å². The molecule has 2 N–H and O–H groups in total. The monoisotopic (exact) mass is 498 g/mol. The van der Waals surface area contributed by atoms with Gasteiger partial charge in [0.15, 0.2) is 5.96 Å². The molecule has 1 aliphatic rings. The zero-order chi connectivity index (χ0) is 19.4. The number of halogens is 1. The first kappa shape index (κ1) is 22.4. The van der Waals surface area contributed by atoms with Crippen LogP contribution in [0.4, 0.5) is 0 Å². The third kappa shape index (κ3) is 4.76. The van der Waals surface area contributed by atoms with Gasteiger partial charge in [0.1, 0.15) is 5.65 Å². The summed E-state index contributed by atoms with van der Waals surface area (Å²) in [6.07, 6.45) is 6.11. The van der Waals surface area contributed by atoms with E-state index in [1.807, 2.05) is 32.4 Å². The summed E-state index contributed by atoms with van der Waals surface area (Å²) in [5, 5.41) is 6.67. The fourth-order valence-corrected chi connectivity index (χ4v) is 3.92. The quantitative estimate of drug-likeness (QED) is 0.378. The number of hydrogen-bond acceptors (Lipinski definition) is 3. The molecule has 1 amide bonds. The molecule has 1 saturated carbocycles. The van der Waals surface area contributed by atoms with Crippen molar-refractivity contribution >= 4 is 41.5 Å². The Kier molecular flexibility index (Phi) is 7.68. The SMILES string of the molecule is CN=C(NCc1cn2c(C)cccc2n1)NCC1(C(=O)N(C)C)CCCC1.I. The number of nitrogens with zero attached hydrogens (tertiary/aromatic N) is 4. The maximum atomic E-state index is 12.7. The molecule has 7 nitrogen and oxygen atoms in total. The second-order valence-corrected chi connectivity index (χ2v) is 7.59. The molecule has 28 heavy (non-hydrogen) atoms. The second-order valence-electron chi connectivity index (χ2n) is 7.59. The van der Waals surface area contributed by atoms with Crippen LogP contribution in [-0.2, 0) is 11.3 Å². The van der Waals surface area contributed by atoms with E-state index in [-0.39, 0.29) is 35.3 Å². The molecule has 0 radical (unpaired) electrons. The highest BCUT2D eigenvalue weighted by molar-refractivity contribution is 14.0. The first-order valence-electron chi connectivity index (χ1n) is 9.55. The molecule has 0 bridgehead atoms. The van der Waals surface area contributed by atoms with Crippen LogP contribution < -0.4 is 10.6 Å². The maximum absolute atomic E-state index is 12.7. The highest BCUT2D eigenvalue weighted by Crippen LogP contribution is 2.38. The van der Waals surface area contributed by atoms with Crippen LogP contribution >= 0.6 is 24.0 Å². The van der Waals surface area contributed by atoms with Crippen molar-refractivity contribution in [3.63, 3.8) is 0 Å². The number of guanidine groups is 1. The van der Waals surface area contributed by atoms with E-state index in [9.17, 15) is 4.79 Å². The van der Waals surface area contributed by atoms with Gasteiger partial charge in [0.2, 0.25) is 5.91 Å². The number of rotatable bonds is 5. The molecule has 0 aliphatic heterocycles. The number of nitrogens with one attached hydrogen (secondary N) is 2. The minimum absolute atomic E-state index is 0. The van der Waals surface area contributed by atoms with Gasteiger partial charge in [0, 0.05) is 39.6 Å². The van der Waals surface area contributed by atoms with E-state index in [2.05, 4.69) is 38.0 Å². The predicted molar refractivity (Wildman–Crippen MR) is 123 cm³/mol. The fraction of sp³-hybridized carbons (Fsp3) is 0.550. The Hall–Kier alpha value is -1.84. The van der Waals surface area contributed by atoms with Crippen LogP contribution in [-0.4, -0.2) is 53.8 Å². The Morgan fingerprint density at radius 3 is 2.61 bits per heavy atom. The number of aromatic nitrogens is 2. The van der Waals surface area contributed by atoms with Crippen molar-refractivity contribution in [3.05, 3.63) is 35.8 Å². The van der Waals surface area contributed by atoms with E-state index in [1.165, 1.54) is 0 Å². The van der Waals surface area contributed by atoms with Crippen molar-refractivity contribution in [2.75, 3.05) is 27.7 Å². The zero-order valence-electron chi connectivity index (χ0n) is 17.2. The number of carbonyl (C=O) groups is 1. The first-order chi connectivity index (χ1) is 12.9. The molecular formula is C20H31IN6O. The third-order valence-electron chi connectivity index (χ3n) is 5.42. The fourth-order valence-electron chi connectivity index (χ4n) is 3.92. The summed E-state index contributed by atoms with van der Waals surface area (Å²) in [6.45, 7) is 3.25. The molecule has 1 aliphatic carbocycles. The van der Waals surface area contributed by atoms with Gasteiger partial charge in [-0.15, -0.1) is 24.0 Å². The van der Waals surface area contributed by atoms with Gasteiger partial charge in [-0.1, -0.05) is 18.9 Å². The number of amides is 1. The molecule has 154 valence electrons. The third-order valence-corrected chi connectivity index (χ3v) is 5.42. The number of aryl methyl sites for hydroxylation is 1. The van der Waals surface area contributed by atoms with Crippen molar-refractivity contribution in [2.24, 2.45) is 10.4 Å². The highest BCUT2D eigenvalue weighted by atomic mass is 127. The lowest BCUT2D eigenvalue weighted by Gasteiger charge is -2.31. The van der Waals surface area contributed by atoms with Gasteiger partial charge in [-0.2, -0.15) is 0 Å². The first-order valence-corrected chi connectivity index (χ1v) is 9.55. The number of aliphatic imine (C=N–C) groups is 1. The standard InChI is InChI=1S/C20H30N6O.HI/c1-15-8-7-9-17-24-16(13-26(15)17)12-22-19(21-2)23-14-20(10-5-6-11-20)18(27)25(3)4;/h7-9,13H,5-6,10-12,14H2,1-4H3,(H2,21,22,23);1H. The largest absolute Gasteiger partial charge is 0.355 e. The molecule has 2 heterocycles. The van der Waals surface area contributed by atoms with Gasteiger partial charge in [0.05, 0.1) is 17.7 Å². The Balaban J connectivity index is 0.00000280. The Labute approximate surface area is 184 Å². The van der Waals surface area contributed by atoms with E-state index < -0.39 is 0 Å². The summed E-state index contributed by atoms with van der Waals surface area (Å²) < 4.78 is 2.08. The van der Waals surface area contributed by atoms with Crippen molar-refractivity contribution in [1.82, 2.24) is 24.9 Å². The molecule has 8 heteroatoms. The molecular weight excluding hydrogens is 467 g/mol. The molecule has 3 rings (SSSR count). The number of pyridine rings is 1. The molecule has 0 aromatic carbocycles. The Morgan fingerprint density at radius 1 is 1.29 bits per heavy atom. The summed E-state index contributed by atoms with van der Waals surface area (Å²) in [5.74, 6) is 0.903. The Morgan fingerprint density at radius 2 is 2.00 bits per heavy atom. The molecule has 2 aromatic rings. The van der Waals surface area contributed by atoms with Crippen LogP contribution in [0.15, 0.2) is 29.4 Å². The highest BCUT2D eigenvalue weighted by Gasteiger charge is 2.42. The molecule has 2 aromatic heterocycles. The second kappa shape index (κ2) is 9.58. The van der Waals surface area contributed by atoms with Crippen LogP contribution in [0.1, 0.15) is 37.1 Å². The molecule has 0 unspecified atom stereocenters. The average Bonchev–Trinajstić information content (AvgIpc) is 3.29. The van der Waals surface area contributed by atoms with Crippen molar-refractivity contribution in [3.8, 4) is 0 Å². The lowest BCUT2D eigenvalue weighted by Crippen LogP contribution is -2.49. The Bertz CT molecular complexity index is 838. The summed E-state index contributed by atoms with van der Waals surface area (Å²) in [4.78, 5) is 23.3. The van der Waals surface area contributed by atoms with Gasteiger partial charge in [-0.05, 0) is 31.9 Å². The normalized spacial score (nSPS) is 15.9. The van der Waals surface area contributed by atoms with E-state index in [1.54, 1.807) is 11.9 Å². The van der Waals surface area contributed by atoms with E-state index >= 15 is 0 Å². The topological polar surface area (TPSA) is 74.0 Å². The van der Waals surface area contributed by atoms with E-state index in [4.69, 9.17) is 0 Å². The van der Waals surface area contributed by atoms with Gasteiger partial charge < -0.3 is 19.9 Å². The smallest absolute Gasteiger partial charge is 0.230 e. The van der Waals surface area contributed by atoms with Crippen LogP contribution in [0.25, 0.3) is 5.65 Å². The number of hydrogen-bond donors (Lipinski definition) is 2. The minimum atomic E-state index is -0.318. The summed E-state index contributed by atoms with van der Waals surface area (Å²) in [7, 11) is 5.42. The summed E-state index contributed by atoms with van der Waals surface area (Å²) >= 11 is 0. The van der Waals surface area contributed by atoms with Gasteiger partial charge in [-0.3, -0.25) is 9.79 Å². The van der Waals surface area contributed by atoms with Gasteiger partial charge in [0.25, 0.3) is 0 Å². The number of fused-ring (bicyclic) bond motifs is 1. The number of carbonyl (C=O) groups excluding carboxylic acids is 1. The van der Waals surface area contributed by atoms with Crippen LogP contribution in [0.2, 0.25) is 0 Å². The van der Waals surface area contributed by atoms with Gasteiger partial charge in [-0.25, -0.2) is 4.98 Å². The average molecular weight is 498 g/mol. The maximum Gasteiger partial charge on any atom is 0.230 e. The van der Waals surface area contributed by atoms with E-state index in [0.717, 1.165) is 42.7 Å². The molecule has 0 atom stereocenters. The predicted octanol–water partition coefficient (Wildman–Crippen LogP) is 2.57. The van der Waals surface area contributed by atoms with Crippen LogP contribution in [0.3, 0.4) is 0 Å². The lowest BCUT2D eigenvalue weighted by atomic mass is 9.84. The van der Waals surface area contributed by atoms with Crippen molar-refractivity contribution in [1.29, 1.82) is 0 Å².